The number of H-pyrrole nitrogens is 1. The van der Waals surface area contributed by atoms with Crippen LogP contribution in [-0.2, 0) is 13.1 Å². The van der Waals surface area contributed by atoms with E-state index in [9.17, 15) is 0 Å². The summed E-state index contributed by atoms with van der Waals surface area (Å²) in [6.45, 7) is 5.82. The van der Waals surface area contributed by atoms with Gasteiger partial charge in [-0.25, -0.2) is 4.98 Å². The van der Waals surface area contributed by atoms with E-state index in [1.807, 2.05) is 19.1 Å². The SMILES string of the molecule is CCCn1c(CNC(C)c2nn[nH]n2)nc2ccccc21. The van der Waals surface area contributed by atoms with E-state index in [1.165, 1.54) is 5.52 Å². The fourth-order valence-electron chi connectivity index (χ4n) is 2.42. The van der Waals surface area contributed by atoms with E-state index in [0.717, 1.165) is 24.3 Å². The van der Waals surface area contributed by atoms with Gasteiger partial charge >= 0.3 is 0 Å². The molecule has 7 heteroatoms. The van der Waals surface area contributed by atoms with Crippen molar-refractivity contribution in [2.45, 2.75) is 39.4 Å². The average Bonchev–Trinajstić information content (AvgIpc) is 3.14. The Morgan fingerprint density at radius 2 is 2.19 bits per heavy atom. The minimum absolute atomic E-state index is 0.0265. The van der Waals surface area contributed by atoms with Gasteiger partial charge in [0.05, 0.1) is 23.6 Å². The largest absolute Gasteiger partial charge is 0.327 e. The molecule has 0 saturated heterocycles. The van der Waals surface area contributed by atoms with Crippen molar-refractivity contribution in [3.63, 3.8) is 0 Å². The molecule has 0 bridgehead atoms. The maximum Gasteiger partial charge on any atom is 0.191 e. The van der Waals surface area contributed by atoms with Crippen molar-refractivity contribution < 1.29 is 0 Å². The predicted molar refractivity (Wildman–Crippen MR) is 79.5 cm³/mol. The highest BCUT2D eigenvalue weighted by atomic mass is 15.5. The van der Waals surface area contributed by atoms with Crippen molar-refractivity contribution in [1.82, 2.24) is 35.5 Å². The number of aromatic amines is 1. The van der Waals surface area contributed by atoms with Crippen LogP contribution in [0.4, 0.5) is 0 Å². The first-order valence-corrected chi connectivity index (χ1v) is 7.20. The Bertz CT molecular complexity index is 701. The summed E-state index contributed by atoms with van der Waals surface area (Å²) in [5, 5.41) is 17.4. The molecule has 7 nitrogen and oxygen atoms in total. The first-order chi connectivity index (χ1) is 10.3. The van der Waals surface area contributed by atoms with Crippen LogP contribution in [0.25, 0.3) is 11.0 Å². The standard InChI is InChI=1S/C14H19N7/c1-3-8-21-12-7-5-4-6-11(12)16-13(21)9-15-10(2)14-17-19-20-18-14/h4-7,10,15H,3,8-9H2,1-2H3,(H,17,18,19,20). The molecule has 1 unspecified atom stereocenters. The number of nitrogens with one attached hydrogen (secondary N) is 2. The summed E-state index contributed by atoms with van der Waals surface area (Å²) in [4.78, 5) is 4.72. The van der Waals surface area contributed by atoms with Gasteiger partial charge in [-0.1, -0.05) is 24.3 Å². The first-order valence-electron chi connectivity index (χ1n) is 7.20. The zero-order valence-electron chi connectivity index (χ0n) is 12.2. The third-order valence-corrected chi connectivity index (χ3v) is 3.50. The normalized spacial score (nSPS) is 12.9. The lowest BCUT2D eigenvalue weighted by molar-refractivity contribution is 0.517. The summed E-state index contributed by atoms with van der Waals surface area (Å²) in [6, 6.07) is 8.26. The number of aromatic nitrogens is 6. The molecule has 0 amide bonds. The second kappa shape index (κ2) is 6.01. The molecule has 0 aliphatic heterocycles. The molecule has 0 spiro atoms. The second-order valence-electron chi connectivity index (χ2n) is 5.04. The van der Waals surface area contributed by atoms with E-state index in [2.05, 4.69) is 49.6 Å². The van der Waals surface area contributed by atoms with E-state index in [4.69, 9.17) is 4.98 Å². The number of imidazole rings is 1. The smallest absolute Gasteiger partial charge is 0.191 e. The number of benzene rings is 1. The van der Waals surface area contributed by atoms with Crippen molar-refractivity contribution in [2.24, 2.45) is 0 Å². The number of para-hydroxylation sites is 2. The number of fused-ring (bicyclic) bond motifs is 1. The van der Waals surface area contributed by atoms with Gasteiger partial charge in [0.15, 0.2) is 5.82 Å². The quantitative estimate of drug-likeness (QED) is 0.721. The molecule has 3 rings (SSSR count). The number of hydrogen-bond acceptors (Lipinski definition) is 5. The van der Waals surface area contributed by atoms with E-state index in [0.29, 0.717) is 12.4 Å². The van der Waals surface area contributed by atoms with Crippen LogP contribution in [0.2, 0.25) is 0 Å². The molecule has 0 saturated carbocycles. The van der Waals surface area contributed by atoms with Gasteiger partial charge in [-0.2, -0.15) is 5.21 Å². The number of hydrogen-bond donors (Lipinski definition) is 2. The Hall–Kier alpha value is -2.28. The van der Waals surface area contributed by atoms with Crippen molar-refractivity contribution in [3.05, 3.63) is 35.9 Å². The lowest BCUT2D eigenvalue weighted by Gasteiger charge is -2.11. The first kappa shape index (κ1) is 13.7. The monoisotopic (exact) mass is 285 g/mol. The highest BCUT2D eigenvalue weighted by Gasteiger charge is 2.13. The summed E-state index contributed by atoms with van der Waals surface area (Å²) >= 11 is 0. The van der Waals surface area contributed by atoms with Gasteiger partial charge in [-0.3, -0.25) is 0 Å². The van der Waals surface area contributed by atoms with Crippen molar-refractivity contribution >= 4 is 11.0 Å². The second-order valence-corrected chi connectivity index (χ2v) is 5.04. The third kappa shape index (κ3) is 2.78. The van der Waals surface area contributed by atoms with Crippen LogP contribution in [-0.4, -0.2) is 30.2 Å². The molecule has 1 atom stereocenters. The van der Waals surface area contributed by atoms with Gasteiger partial charge in [0.25, 0.3) is 0 Å². The van der Waals surface area contributed by atoms with E-state index in [-0.39, 0.29) is 6.04 Å². The Balaban J connectivity index is 1.81. The molecule has 2 N–H and O–H groups in total. The van der Waals surface area contributed by atoms with Crippen LogP contribution < -0.4 is 5.32 Å². The van der Waals surface area contributed by atoms with Crippen LogP contribution in [0.3, 0.4) is 0 Å². The molecule has 0 fully saturated rings. The topological polar surface area (TPSA) is 84.3 Å². The molecular weight excluding hydrogens is 266 g/mol. The van der Waals surface area contributed by atoms with Gasteiger partial charge in [-0.05, 0) is 25.5 Å². The number of aryl methyl sites for hydroxylation is 1. The number of tetrazole rings is 1. The molecule has 0 aliphatic rings. The van der Waals surface area contributed by atoms with E-state index >= 15 is 0 Å². The molecule has 1 aromatic carbocycles. The summed E-state index contributed by atoms with van der Waals surface area (Å²) in [5.41, 5.74) is 2.22. The van der Waals surface area contributed by atoms with Gasteiger partial charge in [0.1, 0.15) is 5.82 Å². The Morgan fingerprint density at radius 3 is 2.95 bits per heavy atom. The minimum Gasteiger partial charge on any atom is -0.327 e. The summed E-state index contributed by atoms with van der Waals surface area (Å²) in [7, 11) is 0. The maximum atomic E-state index is 4.72. The highest BCUT2D eigenvalue weighted by molar-refractivity contribution is 5.75. The molecule has 2 aromatic heterocycles. The lowest BCUT2D eigenvalue weighted by Crippen LogP contribution is -2.21. The van der Waals surface area contributed by atoms with Gasteiger partial charge in [-0.15, -0.1) is 10.2 Å². The Labute approximate surface area is 122 Å². The average molecular weight is 285 g/mol. The van der Waals surface area contributed by atoms with Crippen LogP contribution in [0.1, 0.15) is 38.0 Å². The van der Waals surface area contributed by atoms with Gasteiger partial charge in [0.2, 0.25) is 0 Å². The van der Waals surface area contributed by atoms with E-state index in [1.54, 1.807) is 0 Å². The molecule has 110 valence electrons. The molecule has 2 heterocycles. The Morgan fingerprint density at radius 1 is 1.33 bits per heavy atom. The Kier molecular flexibility index (Phi) is 3.92. The number of nitrogens with zero attached hydrogens (tertiary/aromatic N) is 5. The van der Waals surface area contributed by atoms with Crippen LogP contribution in [0.5, 0.6) is 0 Å². The molecule has 21 heavy (non-hydrogen) atoms. The third-order valence-electron chi connectivity index (χ3n) is 3.50. The summed E-state index contributed by atoms with van der Waals surface area (Å²) in [6.07, 6.45) is 1.08. The van der Waals surface area contributed by atoms with Crippen molar-refractivity contribution in [3.8, 4) is 0 Å². The molecular formula is C14H19N7. The van der Waals surface area contributed by atoms with Crippen LogP contribution in [0.15, 0.2) is 24.3 Å². The maximum absolute atomic E-state index is 4.72. The van der Waals surface area contributed by atoms with E-state index < -0.39 is 0 Å². The zero-order chi connectivity index (χ0) is 14.7. The van der Waals surface area contributed by atoms with Crippen LogP contribution in [0, 0.1) is 0 Å². The zero-order valence-corrected chi connectivity index (χ0v) is 12.2. The van der Waals surface area contributed by atoms with Crippen molar-refractivity contribution in [1.29, 1.82) is 0 Å². The minimum atomic E-state index is 0.0265. The van der Waals surface area contributed by atoms with Crippen LogP contribution >= 0.6 is 0 Å². The predicted octanol–water partition coefficient (Wildman–Crippen LogP) is 1.81. The van der Waals surface area contributed by atoms with Gasteiger partial charge in [0, 0.05) is 6.54 Å². The highest BCUT2D eigenvalue weighted by Crippen LogP contribution is 2.17. The molecule has 0 aliphatic carbocycles. The lowest BCUT2D eigenvalue weighted by atomic mass is 10.3. The molecule has 0 radical (unpaired) electrons. The summed E-state index contributed by atoms with van der Waals surface area (Å²) in [5.74, 6) is 1.70. The van der Waals surface area contributed by atoms with Gasteiger partial charge < -0.3 is 9.88 Å². The summed E-state index contributed by atoms with van der Waals surface area (Å²) < 4.78 is 2.27. The molecule has 3 aromatic rings. The fraction of sp³-hybridized carbons (Fsp3) is 0.429. The number of rotatable bonds is 6. The van der Waals surface area contributed by atoms with Crippen molar-refractivity contribution in [2.75, 3.05) is 0 Å². The fourth-order valence-corrected chi connectivity index (χ4v) is 2.42.